The largest absolute Gasteiger partial charge is 0.318 e. The van der Waals surface area contributed by atoms with Gasteiger partial charge in [0.2, 0.25) is 0 Å². The van der Waals surface area contributed by atoms with Gasteiger partial charge in [0.25, 0.3) is 5.91 Å². The molecule has 0 spiro atoms. The maximum Gasteiger partial charge on any atom is 0.271 e. The normalized spacial score (nSPS) is 11.2. The number of aryl methyl sites for hydroxylation is 3. The van der Waals surface area contributed by atoms with Crippen LogP contribution in [-0.4, -0.2) is 21.3 Å². The smallest absolute Gasteiger partial charge is 0.271 e. The molecule has 0 atom stereocenters. The fourth-order valence-electron chi connectivity index (χ4n) is 5.39. The van der Waals surface area contributed by atoms with Gasteiger partial charge in [0, 0.05) is 33.9 Å². The molecule has 4 aromatic carbocycles. The van der Waals surface area contributed by atoms with Crippen LogP contribution in [0.5, 0.6) is 0 Å². The van der Waals surface area contributed by atoms with E-state index in [9.17, 15) is 4.79 Å². The second-order valence-corrected chi connectivity index (χ2v) is 10.4. The Hall–Kier alpha value is -5.42. The van der Waals surface area contributed by atoms with E-state index in [1.54, 1.807) is 12.3 Å². The standard InChI is InChI=1S/C37H32N4O/c1-26-17-21-33(22-18-26)41-35(29-11-6-4-7-12-29)24-32(36(41)30-13-8-5-9-14-30)25-38-39-37(42)31-15-10-16-34(23-31)40-27(2)19-20-28(40)3/h4-25H,1-3H3,(H,39,42)/b38-25-. The molecule has 6 aromatic rings. The molecule has 0 aliphatic heterocycles. The molecule has 0 saturated heterocycles. The van der Waals surface area contributed by atoms with Crippen molar-refractivity contribution in [1.82, 2.24) is 14.6 Å². The molecule has 6 rings (SSSR count). The van der Waals surface area contributed by atoms with Crippen LogP contribution >= 0.6 is 0 Å². The first-order chi connectivity index (χ1) is 20.5. The average molecular weight is 549 g/mol. The molecule has 0 aliphatic rings. The Balaban J connectivity index is 1.39. The lowest BCUT2D eigenvalue weighted by atomic mass is 10.1. The van der Waals surface area contributed by atoms with Gasteiger partial charge in [-0.3, -0.25) is 4.79 Å². The summed E-state index contributed by atoms with van der Waals surface area (Å²) in [5.41, 5.74) is 13.8. The van der Waals surface area contributed by atoms with Crippen molar-refractivity contribution >= 4 is 12.1 Å². The SMILES string of the molecule is Cc1ccc(-n2c(-c3ccccc3)cc(/C=N\NC(=O)c3cccc(-n4c(C)ccc4C)c3)c2-c2ccccc2)cc1. The van der Waals surface area contributed by atoms with Crippen molar-refractivity contribution in [3.63, 3.8) is 0 Å². The predicted octanol–water partition coefficient (Wildman–Crippen LogP) is 8.29. The fraction of sp³-hybridized carbons (Fsp3) is 0.0811. The first kappa shape index (κ1) is 26.8. The summed E-state index contributed by atoms with van der Waals surface area (Å²) in [6.45, 7) is 6.20. The maximum atomic E-state index is 13.2. The van der Waals surface area contributed by atoms with Crippen LogP contribution in [0.3, 0.4) is 0 Å². The summed E-state index contributed by atoms with van der Waals surface area (Å²) in [6.07, 6.45) is 1.74. The Morgan fingerprint density at radius 1 is 0.643 bits per heavy atom. The Labute approximate surface area is 246 Å². The summed E-state index contributed by atoms with van der Waals surface area (Å²) in [7, 11) is 0. The Kier molecular flexibility index (Phi) is 7.39. The van der Waals surface area contributed by atoms with Gasteiger partial charge in [0.1, 0.15) is 0 Å². The highest BCUT2D eigenvalue weighted by molar-refractivity contribution is 5.97. The van der Waals surface area contributed by atoms with Crippen molar-refractivity contribution < 1.29 is 4.79 Å². The van der Waals surface area contributed by atoms with E-state index in [0.29, 0.717) is 5.56 Å². The molecule has 2 heterocycles. The number of benzene rings is 4. The van der Waals surface area contributed by atoms with Gasteiger partial charge in [0.15, 0.2) is 0 Å². The number of hydrazone groups is 1. The van der Waals surface area contributed by atoms with Crippen LogP contribution < -0.4 is 5.43 Å². The molecule has 5 nitrogen and oxygen atoms in total. The van der Waals surface area contributed by atoms with Crippen molar-refractivity contribution in [2.75, 3.05) is 0 Å². The number of aromatic nitrogens is 2. The van der Waals surface area contributed by atoms with Crippen molar-refractivity contribution in [2.24, 2.45) is 5.10 Å². The first-order valence-electron chi connectivity index (χ1n) is 14.0. The van der Waals surface area contributed by atoms with Gasteiger partial charge in [-0.05, 0) is 80.4 Å². The quantitative estimate of drug-likeness (QED) is 0.158. The van der Waals surface area contributed by atoms with Crippen LogP contribution in [0.1, 0.15) is 32.9 Å². The zero-order chi connectivity index (χ0) is 29.1. The molecule has 2 aromatic heterocycles. The molecule has 0 aliphatic carbocycles. The monoisotopic (exact) mass is 548 g/mol. The maximum absolute atomic E-state index is 13.2. The van der Waals surface area contributed by atoms with E-state index in [4.69, 9.17) is 0 Å². The van der Waals surface area contributed by atoms with Gasteiger partial charge in [-0.15, -0.1) is 0 Å². The molecule has 5 heteroatoms. The van der Waals surface area contributed by atoms with E-state index < -0.39 is 0 Å². The highest BCUT2D eigenvalue weighted by Crippen LogP contribution is 2.35. The lowest BCUT2D eigenvalue weighted by molar-refractivity contribution is 0.0955. The molecule has 0 bridgehead atoms. The number of hydrogen-bond donors (Lipinski definition) is 1. The number of nitrogens with zero attached hydrogens (tertiary/aromatic N) is 3. The molecule has 42 heavy (non-hydrogen) atoms. The van der Waals surface area contributed by atoms with Crippen molar-refractivity contribution in [1.29, 1.82) is 0 Å². The molecule has 1 amide bonds. The third-order valence-corrected chi connectivity index (χ3v) is 7.45. The third-order valence-electron chi connectivity index (χ3n) is 7.45. The molecular weight excluding hydrogens is 516 g/mol. The summed E-state index contributed by atoms with van der Waals surface area (Å²) >= 11 is 0. The van der Waals surface area contributed by atoms with Crippen LogP contribution in [0.25, 0.3) is 33.9 Å². The van der Waals surface area contributed by atoms with E-state index in [-0.39, 0.29) is 5.91 Å². The highest BCUT2D eigenvalue weighted by atomic mass is 16.2. The molecule has 0 radical (unpaired) electrons. The van der Waals surface area contributed by atoms with E-state index in [2.05, 4.69) is 107 Å². The number of rotatable bonds is 7. The first-order valence-corrected chi connectivity index (χ1v) is 14.0. The number of carbonyl (C=O) groups is 1. The minimum absolute atomic E-state index is 0.266. The Bertz CT molecular complexity index is 1860. The zero-order valence-corrected chi connectivity index (χ0v) is 24.0. The molecule has 0 saturated carbocycles. The number of nitrogens with one attached hydrogen (secondary N) is 1. The van der Waals surface area contributed by atoms with Gasteiger partial charge < -0.3 is 9.13 Å². The second kappa shape index (κ2) is 11.6. The summed E-state index contributed by atoms with van der Waals surface area (Å²) in [4.78, 5) is 13.2. The molecule has 206 valence electrons. The summed E-state index contributed by atoms with van der Waals surface area (Å²) in [5.74, 6) is -0.266. The topological polar surface area (TPSA) is 51.3 Å². The predicted molar refractivity (Wildman–Crippen MR) is 172 cm³/mol. The summed E-state index contributed by atoms with van der Waals surface area (Å²) in [6, 6.07) is 43.0. The van der Waals surface area contributed by atoms with E-state index in [0.717, 1.165) is 50.8 Å². The fourth-order valence-corrected chi connectivity index (χ4v) is 5.39. The highest BCUT2D eigenvalue weighted by Gasteiger charge is 2.19. The number of hydrogen-bond acceptors (Lipinski definition) is 2. The van der Waals surface area contributed by atoms with Crippen LogP contribution in [-0.2, 0) is 0 Å². The molecular formula is C37H32N4O. The van der Waals surface area contributed by atoms with Gasteiger partial charge in [-0.1, -0.05) is 84.4 Å². The molecule has 0 fully saturated rings. The van der Waals surface area contributed by atoms with Crippen LogP contribution in [0.15, 0.2) is 132 Å². The van der Waals surface area contributed by atoms with Gasteiger partial charge in [0.05, 0.1) is 17.6 Å². The van der Waals surface area contributed by atoms with Gasteiger partial charge in [-0.25, -0.2) is 5.43 Å². The van der Waals surface area contributed by atoms with E-state index in [1.165, 1.54) is 5.56 Å². The van der Waals surface area contributed by atoms with Crippen LogP contribution in [0, 0.1) is 20.8 Å². The van der Waals surface area contributed by atoms with Crippen molar-refractivity contribution in [3.05, 3.63) is 155 Å². The van der Waals surface area contributed by atoms with Crippen molar-refractivity contribution in [2.45, 2.75) is 20.8 Å². The van der Waals surface area contributed by atoms with E-state index in [1.807, 2.05) is 54.6 Å². The van der Waals surface area contributed by atoms with Crippen LogP contribution in [0.4, 0.5) is 0 Å². The van der Waals surface area contributed by atoms with E-state index >= 15 is 0 Å². The van der Waals surface area contributed by atoms with Gasteiger partial charge in [-0.2, -0.15) is 5.10 Å². The molecule has 0 unspecified atom stereocenters. The Morgan fingerprint density at radius 3 is 1.95 bits per heavy atom. The van der Waals surface area contributed by atoms with Crippen LogP contribution in [0.2, 0.25) is 0 Å². The number of carbonyl (C=O) groups excluding carboxylic acids is 1. The second-order valence-electron chi connectivity index (χ2n) is 10.4. The Morgan fingerprint density at radius 2 is 1.29 bits per heavy atom. The average Bonchev–Trinajstić information content (AvgIpc) is 3.57. The lowest BCUT2D eigenvalue weighted by Gasteiger charge is -2.15. The van der Waals surface area contributed by atoms with Crippen molar-refractivity contribution in [3.8, 4) is 33.9 Å². The summed E-state index contributed by atoms with van der Waals surface area (Å²) < 4.78 is 4.39. The minimum Gasteiger partial charge on any atom is -0.318 e. The lowest BCUT2D eigenvalue weighted by Crippen LogP contribution is -2.18. The minimum atomic E-state index is -0.266. The molecule has 1 N–H and O–H groups in total. The summed E-state index contributed by atoms with van der Waals surface area (Å²) in [5, 5.41) is 4.44. The third kappa shape index (κ3) is 5.32. The zero-order valence-electron chi connectivity index (χ0n) is 24.0. The van der Waals surface area contributed by atoms with Gasteiger partial charge >= 0.3 is 0 Å². The number of amides is 1.